The van der Waals surface area contributed by atoms with Crippen LogP contribution < -0.4 is 5.32 Å². The first-order valence-electron chi connectivity index (χ1n) is 8.98. The number of benzene rings is 1. The zero-order valence-corrected chi connectivity index (χ0v) is 14.0. The number of carbonyl (C=O) groups excluding carboxylic acids is 1. The maximum Gasteiger partial charge on any atom is 0.318 e. The van der Waals surface area contributed by atoms with Crippen LogP contribution in [0.2, 0.25) is 0 Å². The fourth-order valence-electron chi connectivity index (χ4n) is 3.69. The Morgan fingerprint density at radius 2 is 2.13 bits per heavy atom. The smallest absolute Gasteiger partial charge is 0.318 e. The van der Waals surface area contributed by atoms with Crippen molar-refractivity contribution in [1.29, 1.82) is 0 Å². The number of nitrogens with zero attached hydrogens (tertiary/aromatic N) is 1. The number of hydrogen-bond acceptors (Lipinski definition) is 2. The minimum Gasteiger partial charge on any atom is -0.396 e. The van der Waals surface area contributed by atoms with E-state index in [4.69, 9.17) is 5.11 Å². The predicted octanol–water partition coefficient (Wildman–Crippen LogP) is 3.40. The maximum atomic E-state index is 12.9. The van der Waals surface area contributed by atoms with Crippen LogP contribution in [0.15, 0.2) is 24.3 Å². The third-order valence-electron chi connectivity index (χ3n) is 5.01. The molecule has 126 valence electrons. The molecule has 2 aliphatic carbocycles. The van der Waals surface area contributed by atoms with Crippen LogP contribution in [0, 0.1) is 0 Å². The van der Waals surface area contributed by atoms with Crippen molar-refractivity contribution >= 4 is 6.03 Å². The Balaban J connectivity index is 1.74. The number of nitrogens with one attached hydrogen (secondary N) is 1. The quantitative estimate of drug-likeness (QED) is 0.845. The summed E-state index contributed by atoms with van der Waals surface area (Å²) in [6.07, 6.45) is 7.14. The van der Waals surface area contributed by atoms with Crippen LogP contribution in [-0.4, -0.2) is 34.7 Å². The van der Waals surface area contributed by atoms with Gasteiger partial charge in [0.15, 0.2) is 0 Å². The highest BCUT2D eigenvalue weighted by atomic mass is 16.3. The van der Waals surface area contributed by atoms with Gasteiger partial charge in [-0.2, -0.15) is 0 Å². The molecule has 1 saturated carbocycles. The number of hydrogen-bond donors (Lipinski definition) is 2. The van der Waals surface area contributed by atoms with Gasteiger partial charge in [-0.3, -0.25) is 0 Å². The van der Waals surface area contributed by atoms with Gasteiger partial charge in [-0.05, 0) is 63.0 Å². The average molecular weight is 316 g/mol. The van der Waals surface area contributed by atoms with Gasteiger partial charge in [0.05, 0.1) is 6.04 Å². The molecule has 1 fully saturated rings. The van der Waals surface area contributed by atoms with E-state index in [1.54, 1.807) is 0 Å². The highest BCUT2D eigenvalue weighted by molar-refractivity contribution is 5.76. The lowest BCUT2D eigenvalue weighted by atomic mass is 9.87. The zero-order chi connectivity index (χ0) is 16.2. The van der Waals surface area contributed by atoms with E-state index in [1.165, 1.54) is 11.1 Å². The Morgan fingerprint density at radius 3 is 2.87 bits per heavy atom. The second-order valence-corrected chi connectivity index (χ2v) is 6.96. The molecular weight excluding hydrogens is 288 g/mol. The van der Waals surface area contributed by atoms with E-state index in [1.807, 2.05) is 6.92 Å². The van der Waals surface area contributed by atoms with Gasteiger partial charge in [-0.15, -0.1) is 0 Å². The topological polar surface area (TPSA) is 52.6 Å². The van der Waals surface area contributed by atoms with Crippen molar-refractivity contribution in [3.63, 3.8) is 0 Å². The highest BCUT2D eigenvalue weighted by Crippen LogP contribution is 2.40. The first kappa shape index (κ1) is 16.3. The molecule has 23 heavy (non-hydrogen) atoms. The molecule has 1 aromatic rings. The molecule has 0 heterocycles. The standard InChI is InChI=1S/C19H28N2O2/c1-14(6-5-13-22)20-19(23)21(16-11-12-16)18-10-4-8-15-7-2-3-9-17(15)18/h2-3,7,9,14,16,18,22H,4-6,8,10-13H2,1H3,(H,20,23). The number of amides is 2. The number of fused-ring (bicyclic) bond motifs is 1. The maximum absolute atomic E-state index is 12.9. The number of carbonyl (C=O) groups is 1. The van der Waals surface area contributed by atoms with E-state index in [9.17, 15) is 4.79 Å². The fourth-order valence-corrected chi connectivity index (χ4v) is 3.69. The summed E-state index contributed by atoms with van der Waals surface area (Å²) in [5.74, 6) is 0. The molecule has 2 aliphatic rings. The molecule has 4 heteroatoms. The molecule has 0 spiro atoms. The summed E-state index contributed by atoms with van der Waals surface area (Å²) in [7, 11) is 0. The van der Waals surface area contributed by atoms with Crippen molar-refractivity contribution in [1.82, 2.24) is 10.2 Å². The number of rotatable bonds is 6. The molecule has 0 aromatic heterocycles. The Hall–Kier alpha value is -1.55. The molecule has 1 aromatic carbocycles. The van der Waals surface area contributed by atoms with Crippen molar-refractivity contribution in [3.05, 3.63) is 35.4 Å². The molecular formula is C19H28N2O2. The summed E-state index contributed by atoms with van der Waals surface area (Å²) in [4.78, 5) is 15.0. The number of aryl methyl sites for hydroxylation is 1. The zero-order valence-electron chi connectivity index (χ0n) is 14.0. The minimum atomic E-state index is 0.0691. The summed E-state index contributed by atoms with van der Waals surface area (Å²) in [5.41, 5.74) is 2.74. The van der Waals surface area contributed by atoms with E-state index in [2.05, 4.69) is 34.5 Å². The number of urea groups is 1. The Morgan fingerprint density at radius 1 is 1.35 bits per heavy atom. The van der Waals surface area contributed by atoms with Crippen LogP contribution in [0.4, 0.5) is 4.79 Å². The normalized spacial score (nSPS) is 21.4. The van der Waals surface area contributed by atoms with E-state index in [0.29, 0.717) is 6.04 Å². The van der Waals surface area contributed by atoms with Crippen LogP contribution >= 0.6 is 0 Å². The SMILES string of the molecule is CC(CCCO)NC(=O)N(C1CC1)C1CCCc2ccccc21. The van der Waals surface area contributed by atoms with Crippen LogP contribution in [0.1, 0.15) is 62.6 Å². The van der Waals surface area contributed by atoms with Gasteiger partial charge < -0.3 is 15.3 Å². The van der Waals surface area contributed by atoms with Gasteiger partial charge in [0.1, 0.15) is 0 Å². The molecule has 2 amide bonds. The first-order chi connectivity index (χ1) is 11.2. The van der Waals surface area contributed by atoms with Crippen molar-refractivity contribution in [2.45, 2.75) is 70.0 Å². The van der Waals surface area contributed by atoms with Crippen LogP contribution in [0.25, 0.3) is 0 Å². The lowest BCUT2D eigenvalue weighted by Crippen LogP contribution is -2.47. The highest BCUT2D eigenvalue weighted by Gasteiger charge is 2.39. The lowest BCUT2D eigenvalue weighted by molar-refractivity contribution is 0.158. The van der Waals surface area contributed by atoms with Crippen molar-refractivity contribution in [2.24, 2.45) is 0 Å². The van der Waals surface area contributed by atoms with Crippen molar-refractivity contribution in [3.8, 4) is 0 Å². The minimum absolute atomic E-state index is 0.0691. The third-order valence-corrected chi connectivity index (χ3v) is 5.01. The number of aliphatic hydroxyl groups is 1. The van der Waals surface area contributed by atoms with Gasteiger partial charge in [0.25, 0.3) is 0 Å². The lowest BCUT2D eigenvalue weighted by Gasteiger charge is -2.37. The van der Waals surface area contributed by atoms with Gasteiger partial charge in [0.2, 0.25) is 0 Å². The molecule has 2 atom stereocenters. The molecule has 0 aliphatic heterocycles. The Bertz CT molecular complexity index is 542. The molecule has 2 unspecified atom stereocenters. The second kappa shape index (κ2) is 7.35. The molecule has 0 saturated heterocycles. The van der Waals surface area contributed by atoms with E-state index in [0.717, 1.165) is 44.9 Å². The largest absolute Gasteiger partial charge is 0.396 e. The van der Waals surface area contributed by atoms with Crippen molar-refractivity contribution < 1.29 is 9.90 Å². The summed E-state index contributed by atoms with van der Waals surface area (Å²) in [5, 5.41) is 12.1. The first-order valence-corrected chi connectivity index (χ1v) is 8.98. The monoisotopic (exact) mass is 316 g/mol. The van der Waals surface area contributed by atoms with Crippen LogP contribution in [0.3, 0.4) is 0 Å². The summed E-state index contributed by atoms with van der Waals surface area (Å²) >= 11 is 0. The van der Waals surface area contributed by atoms with Gasteiger partial charge in [-0.25, -0.2) is 4.79 Å². The molecule has 2 N–H and O–H groups in total. The fraction of sp³-hybridized carbons (Fsp3) is 0.632. The molecule has 0 bridgehead atoms. The van der Waals surface area contributed by atoms with Gasteiger partial charge >= 0.3 is 6.03 Å². The van der Waals surface area contributed by atoms with E-state index in [-0.39, 0.29) is 24.7 Å². The Kier molecular flexibility index (Phi) is 5.21. The average Bonchev–Trinajstić information content (AvgIpc) is 3.38. The third kappa shape index (κ3) is 3.86. The summed E-state index contributed by atoms with van der Waals surface area (Å²) in [6.45, 7) is 2.20. The molecule has 0 radical (unpaired) electrons. The van der Waals surface area contributed by atoms with Crippen molar-refractivity contribution in [2.75, 3.05) is 6.61 Å². The van der Waals surface area contributed by atoms with Gasteiger partial charge in [-0.1, -0.05) is 24.3 Å². The molecule has 3 rings (SSSR count). The van der Waals surface area contributed by atoms with Crippen LogP contribution in [-0.2, 0) is 6.42 Å². The summed E-state index contributed by atoms with van der Waals surface area (Å²) < 4.78 is 0. The number of aliphatic hydroxyl groups excluding tert-OH is 1. The van der Waals surface area contributed by atoms with Crippen LogP contribution in [0.5, 0.6) is 0 Å². The van der Waals surface area contributed by atoms with Gasteiger partial charge in [0, 0.05) is 18.7 Å². The molecule has 4 nitrogen and oxygen atoms in total. The summed E-state index contributed by atoms with van der Waals surface area (Å²) in [6, 6.07) is 9.37. The second-order valence-electron chi connectivity index (χ2n) is 6.96. The van der Waals surface area contributed by atoms with E-state index < -0.39 is 0 Å². The Labute approximate surface area is 138 Å². The van der Waals surface area contributed by atoms with E-state index >= 15 is 0 Å². The predicted molar refractivity (Wildman–Crippen MR) is 91.3 cm³/mol.